The number of amides is 2. The van der Waals surface area contributed by atoms with Crippen LogP contribution in [0.25, 0.3) is 0 Å². The van der Waals surface area contributed by atoms with Gasteiger partial charge in [-0.2, -0.15) is 0 Å². The molecule has 0 aromatic carbocycles. The first-order chi connectivity index (χ1) is 8.20. The van der Waals surface area contributed by atoms with Gasteiger partial charge in [-0.15, -0.1) is 0 Å². The van der Waals surface area contributed by atoms with Crippen molar-refractivity contribution in [2.45, 2.75) is 53.9 Å². The van der Waals surface area contributed by atoms with E-state index >= 15 is 0 Å². The molecule has 0 fully saturated rings. The van der Waals surface area contributed by atoms with E-state index in [9.17, 15) is 9.59 Å². The Morgan fingerprint density at radius 2 is 1.50 bits per heavy atom. The summed E-state index contributed by atoms with van der Waals surface area (Å²) in [5, 5.41) is 5.60. The molecule has 2 amide bonds. The lowest BCUT2D eigenvalue weighted by molar-refractivity contribution is -0.123. The molecule has 0 spiro atoms. The first-order valence-electron chi connectivity index (χ1n) is 6.74. The van der Waals surface area contributed by atoms with Gasteiger partial charge in [0.2, 0.25) is 11.8 Å². The molecule has 18 heavy (non-hydrogen) atoms. The second-order valence-corrected chi connectivity index (χ2v) is 6.36. The highest BCUT2D eigenvalue weighted by molar-refractivity contribution is 5.77. The summed E-state index contributed by atoms with van der Waals surface area (Å²) >= 11 is 0. The molecule has 0 aliphatic rings. The summed E-state index contributed by atoms with van der Waals surface area (Å²) in [5.74, 6) is 0.475. The van der Waals surface area contributed by atoms with Gasteiger partial charge in [0.05, 0.1) is 0 Å². The Morgan fingerprint density at radius 1 is 1.00 bits per heavy atom. The third-order valence-corrected chi connectivity index (χ3v) is 2.47. The van der Waals surface area contributed by atoms with Crippen LogP contribution in [0.4, 0.5) is 0 Å². The van der Waals surface area contributed by atoms with Gasteiger partial charge in [-0.25, -0.2) is 0 Å². The number of carbonyl (C=O) groups excluding carboxylic acids is 2. The van der Waals surface area contributed by atoms with Crippen molar-refractivity contribution in [3.8, 4) is 0 Å². The van der Waals surface area contributed by atoms with Crippen LogP contribution in [0.3, 0.4) is 0 Å². The molecule has 0 saturated heterocycles. The van der Waals surface area contributed by atoms with Crippen LogP contribution in [0, 0.1) is 11.3 Å². The predicted molar refractivity (Wildman–Crippen MR) is 74.2 cm³/mol. The molecule has 2 N–H and O–H groups in total. The zero-order valence-electron chi connectivity index (χ0n) is 12.4. The molecule has 106 valence electrons. The van der Waals surface area contributed by atoms with Crippen LogP contribution in [0.1, 0.15) is 53.9 Å². The summed E-state index contributed by atoms with van der Waals surface area (Å²) < 4.78 is 0. The largest absolute Gasteiger partial charge is 0.354 e. The summed E-state index contributed by atoms with van der Waals surface area (Å²) in [6, 6.07) is 0. The minimum absolute atomic E-state index is 0.0499. The lowest BCUT2D eigenvalue weighted by Crippen LogP contribution is -2.35. The van der Waals surface area contributed by atoms with Crippen molar-refractivity contribution in [3.63, 3.8) is 0 Å². The van der Waals surface area contributed by atoms with Gasteiger partial charge in [-0.3, -0.25) is 9.59 Å². The minimum Gasteiger partial charge on any atom is -0.354 e. The Kier molecular flexibility index (Phi) is 7.64. The molecule has 4 heteroatoms. The SMILES string of the molecule is CC(C)CC(=O)NCCNC(=O)CCC(C)(C)C. The van der Waals surface area contributed by atoms with Gasteiger partial charge in [-0.1, -0.05) is 34.6 Å². The van der Waals surface area contributed by atoms with E-state index in [0.717, 1.165) is 6.42 Å². The lowest BCUT2D eigenvalue weighted by Gasteiger charge is -2.17. The zero-order chi connectivity index (χ0) is 14.2. The maximum Gasteiger partial charge on any atom is 0.220 e. The highest BCUT2D eigenvalue weighted by Crippen LogP contribution is 2.19. The van der Waals surface area contributed by atoms with E-state index in [1.807, 2.05) is 13.8 Å². The molecule has 0 bridgehead atoms. The van der Waals surface area contributed by atoms with E-state index < -0.39 is 0 Å². The van der Waals surface area contributed by atoms with Gasteiger partial charge in [0.25, 0.3) is 0 Å². The summed E-state index contributed by atoms with van der Waals surface area (Å²) in [6.45, 7) is 11.4. The summed E-state index contributed by atoms with van der Waals surface area (Å²) in [6.07, 6.45) is 1.96. The molecule has 0 aliphatic carbocycles. The van der Waals surface area contributed by atoms with Gasteiger partial charge in [0.1, 0.15) is 0 Å². The van der Waals surface area contributed by atoms with Crippen molar-refractivity contribution >= 4 is 11.8 Å². The van der Waals surface area contributed by atoms with Crippen molar-refractivity contribution in [1.29, 1.82) is 0 Å². The van der Waals surface area contributed by atoms with E-state index in [1.54, 1.807) is 0 Å². The Balaban J connectivity index is 3.55. The molecule has 0 saturated carbocycles. The second-order valence-electron chi connectivity index (χ2n) is 6.36. The Bertz CT molecular complexity index is 267. The molecule has 0 atom stereocenters. The standard InChI is InChI=1S/C14H28N2O2/c1-11(2)10-13(18)16-9-8-15-12(17)6-7-14(3,4)5/h11H,6-10H2,1-5H3,(H,15,17)(H,16,18). The topological polar surface area (TPSA) is 58.2 Å². The minimum atomic E-state index is 0.0499. The van der Waals surface area contributed by atoms with Crippen LogP contribution in [-0.2, 0) is 9.59 Å². The van der Waals surface area contributed by atoms with Gasteiger partial charge in [0, 0.05) is 25.9 Å². The van der Waals surface area contributed by atoms with Gasteiger partial charge in [-0.05, 0) is 17.8 Å². The van der Waals surface area contributed by atoms with Crippen LogP contribution < -0.4 is 10.6 Å². The fourth-order valence-corrected chi connectivity index (χ4v) is 1.42. The predicted octanol–water partition coefficient (Wildman–Crippen LogP) is 2.09. The molecule has 0 aromatic heterocycles. The van der Waals surface area contributed by atoms with Crippen molar-refractivity contribution in [3.05, 3.63) is 0 Å². The van der Waals surface area contributed by atoms with E-state index in [1.165, 1.54) is 0 Å². The quantitative estimate of drug-likeness (QED) is 0.685. The normalized spacial score (nSPS) is 11.4. The molecule has 4 nitrogen and oxygen atoms in total. The van der Waals surface area contributed by atoms with Crippen LogP contribution in [0.15, 0.2) is 0 Å². The Labute approximate surface area is 111 Å². The summed E-state index contributed by atoms with van der Waals surface area (Å²) in [7, 11) is 0. The van der Waals surface area contributed by atoms with Crippen LogP contribution >= 0.6 is 0 Å². The number of rotatable bonds is 7. The zero-order valence-corrected chi connectivity index (χ0v) is 12.4. The van der Waals surface area contributed by atoms with Gasteiger partial charge < -0.3 is 10.6 Å². The van der Waals surface area contributed by atoms with E-state index in [0.29, 0.717) is 31.8 Å². The molecule has 0 rings (SSSR count). The molecule has 0 aromatic rings. The van der Waals surface area contributed by atoms with E-state index in [4.69, 9.17) is 0 Å². The van der Waals surface area contributed by atoms with E-state index in [-0.39, 0.29) is 17.2 Å². The lowest BCUT2D eigenvalue weighted by atomic mass is 9.90. The first-order valence-corrected chi connectivity index (χ1v) is 6.74. The first kappa shape index (κ1) is 16.9. The average molecular weight is 256 g/mol. The maximum atomic E-state index is 11.5. The monoisotopic (exact) mass is 256 g/mol. The Morgan fingerprint density at radius 3 is 1.94 bits per heavy atom. The van der Waals surface area contributed by atoms with Gasteiger partial charge in [0.15, 0.2) is 0 Å². The number of hydrogen-bond donors (Lipinski definition) is 2. The number of carbonyl (C=O) groups is 2. The molecular weight excluding hydrogens is 228 g/mol. The fourth-order valence-electron chi connectivity index (χ4n) is 1.42. The van der Waals surface area contributed by atoms with Gasteiger partial charge >= 0.3 is 0 Å². The summed E-state index contributed by atoms with van der Waals surface area (Å²) in [4.78, 5) is 22.8. The van der Waals surface area contributed by atoms with Crippen molar-refractivity contribution in [1.82, 2.24) is 10.6 Å². The fraction of sp³-hybridized carbons (Fsp3) is 0.857. The highest BCUT2D eigenvalue weighted by atomic mass is 16.2. The third-order valence-electron chi connectivity index (χ3n) is 2.47. The number of hydrogen-bond acceptors (Lipinski definition) is 2. The third kappa shape index (κ3) is 11.4. The molecule has 0 aliphatic heterocycles. The van der Waals surface area contributed by atoms with Crippen LogP contribution in [0.2, 0.25) is 0 Å². The second kappa shape index (κ2) is 8.11. The van der Waals surface area contributed by atoms with E-state index in [2.05, 4.69) is 31.4 Å². The smallest absolute Gasteiger partial charge is 0.220 e. The molecule has 0 heterocycles. The van der Waals surface area contributed by atoms with Crippen molar-refractivity contribution < 1.29 is 9.59 Å². The molecular formula is C14H28N2O2. The molecule has 0 radical (unpaired) electrons. The molecule has 0 unspecified atom stereocenters. The maximum absolute atomic E-state index is 11.5. The summed E-state index contributed by atoms with van der Waals surface area (Å²) in [5.41, 5.74) is 0.183. The average Bonchev–Trinajstić information content (AvgIpc) is 2.19. The van der Waals surface area contributed by atoms with Crippen LogP contribution in [-0.4, -0.2) is 24.9 Å². The Hall–Kier alpha value is -1.06. The highest BCUT2D eigenvalue weighted by Gasteiger charge is 2.12. The van der Waals surface area contributed by atoms with Crippen molar-refractivity contribution in [2.75, 3.05) is 13.1 Å². The van der Waals surface area contributed by atoms with Crippen LogP contribution in [0.5, 0.6) is 0 Å². The number of nitrogens with one attached hydrogen (secondary N) is 2. The van der Waals surface area contributed by atoms with Crippen molar-refractivity contribution in [2.24, 2.45) is 11.3 Å².